The molecule has 1 amide bonds. The molecule has 5 rings (SSSR count). The molecule has 1 unspecified atom stereocenters. The summed E-state index contributed by atoms with van der Waals surface area (Å²) in [5.41, 5.74) is 1.50. The predicted octanol–water partition coefficient (Wildman–Crippen LogP) is 5.23. The van der Waals surface area contributed by atoms with E-state index in [4.69, 9.17) is 9.15 Å². The summed E-state index contributed by atoms with van der Waals surface area (Å²) in [6.07, 6.45) is 1.41. The van der Waals surface area contributed by atoms with Crippen molar-refractivity contribution in [3.8, 4) is 5.75 Å². The number of carbonyl (C=O) groups excluding carboxylic acids is 2. The van der Waals surface area contributed by atoms with Gasteiger partial charge in [-0.3, -0.25) is 14.5 Å². The van der Waals surface area contributed by atoms with Crippen molar-refractivity contribution in [2.24, 2.45) is 0 Å². The number of anilines is 1. The number of H-pyrrole nitrogens is 1. The number of methoxy groups -OCH3 is 1. The van der Waals surface area contributed by atoms with Gasteiger partial charge in [-0.1, -0.05) is 26.8 Å². The van der Waals surface area contributed by atoms with E-state index in [0.29, 0.717) is 16.8 Å². The first-order valence-corrected chi connectivity index (χ1v) is 11.3. The van der Waals surface area contributed by atoms with Gasteiger partial charge < -0.3 is 19.2 Å². The van der Waals surface area contributed by atoms with Gasteiger partial charge in [0.2, 0.25) is 5.95 Å². The van der Waals surface area contributed by atoms with E-state index >= 15 is 0 Å². The van der Waals surface area contributed by atoms with Gasteiger partial charge in [0.05, 0.1) is 35.5 Å². The zero-order chi connectivity index (χ0) is 25.8. The number of hydrogen-bond acceptors (Lipinski definition) is 6. The highest BCUT2D eigenvalue weighted by atomic mass is 19.1. The largest absolute Gasteiger partial charge is 0.507 e. The van der Waals surface area contributed by atoms with Crippen molar-refractivity contribution in [2.45, 2.75) is 32.2 Å². The number of aromatic amines is 1. The summed E-state index contributed by atoms with van der Waals surface area (Å²) in [6.45, 7) is 6.06. The Hall–Kier alpha value is -4.40. The Morgan fingerprint density at radius 2 is 1.94 bits per heavy atom. The van der Waals surface area contributed by atoms with E-state index < -0.39 is 29.3 Å². The molecule has 2 aromatic heterocycles. The molecular formula is C27H24FN3O5. The number of benzene rings is 2. The highest BCUT2D eigenvalue weighted by Gasteiger charge is 2.49. The van der Waals surface area contributed by atoms with Crippen molar-refractivity contribution < 1.29 is 28.2 Å². The van der Waals surface area contributed by atoms with E-state index in [1.54, 1.807) is 24.3 Å². The van der Waals surface area contributed by atoms with Crippen LogP contribution in [0.25, 0.3) is 16.8 Å². The summed E-state index contributed by atoms with van der Waals surface area (Å²) in [5, 5.41) is 11.5. The smallest absolute Gasteiger partial charge is 0.302 e. The zero-order valence-corrected chi connectivity index (χ0v) is 20.1. The van der Waals surface area contributed by atoms with Gasteiger partial charge in [-0.15, -0.1) is 0 Å². The van der Waals surface area contributed by atoms with Crippen molar-refractivity contribution >= 4 is 34.4 Å². The number of furan rings is 1. The van der Waals surface area contributed by atoms with Crippen LogP contribution < -0.4 is 9.64 Å². The number of hydrogen-bond donors (Lipinski definition) is 2. The van der Waals surface area contributed by atoms with E-state index in [-0.39, 0.29) is 28.3 Å². The fraction of sp³-hybridized carbons (Fsp3) is 0.222. The SMILES string of the molecule is COc1ccc(C(C)(C)C)cc1/C(O)=C1\C(=O)C(=O)N(c2nc3ccc(F)cc3[nH]2)C1c1ccco1. The van der Waals surface area contributed by atoms with E-state index in [1.165, 1.54) is 31.6 Å². The third kappa shape index (κ3) is 3.73. The molecule has 36 heavy (non-hydrogen) atoms. The molecule has 1 aliphatic heterocycles. The Morgan fingerprint density at radius 1 is 1.17 bits per heavy atom. The van der Waals surface area contributed by atoms with Crippen LogP contribution in [-0.2, 0) is 15.0 Å². The van der Waals surface area contributed by atoms with Gasteiger partial charge in [0.25, 0.3) is 5.78 Å². The third-order valence-corrected chi connectivity index (χ3v) is 6.24. The number of rotatable bonds is 4. The first kappa shape index (κ1) is 23.3. The summed E-state index contributed by atoms with van der Waals surface area (Å²) in [5.74, 6) is -2.10. The lowest BCUT2D eigenvalue weighted by atomic mass is 9.85. The second-order valence-corrected chi connectivity index (χ2v) is 9.57. The fourth-order valence-electron chi connectivity index (χ4n) is 4.35. The van der Waals surface area contributed by atoms with Crippen LogP contribution in [0.1, 0.15) is 43.7 Å². The Kier molecular flexibility index (Phi) is 5.43. The molecule has 0 spiro atoms. The number of aliphatic hydroxyl groups is 1. The van der Waals surface area contributed by atoms with E-state index in [1.807, 2.05) is 26.8 Å². The first-order valence-electron chi connectivity index (χ1n) is 11.3. The molecule has 8 nitrogen and oxygen atoms in total. The van der Waals surface area contributed by atoms with Gasteiger partial charge in [-0.2, -0.15) is 0 Å². The zero-order valence-electron chi connectivity index (χ0n) is 20.1. The van der Waals surface area contributed by atoms with Gasteiger partial charge in [-0.25, -0.2) is 9.37 Å². The first-order chi connectivity index (χ1) is 17.1. The molecule has 9 heteroatoms. The van der Waals surface area contributed by atoms with Crippen molar-refractivity contribution in [2.75, 3.05) is 12.0 Å². The van der Waals surface area contributed by atoms with Crippen LogP contribution in [0.3, 0.4) is 0 Å². The summed E-state index contributed by atoms with van der Waals surface area (Å²) < 4.78 is 24.8. The normalized spacial score (nSPS) is 17.8. The molecule has 2 N–H and O–H groups in total. The molecule has 0 saturated carbocycles. The third-order valence-electron chi connectivity index (χ3n) is 6.24. The number of ketones is 1. The molecule has 184 valence electrons. The maximum atomic E-state index is 13.8. The van der Waals surface area contributed by atoms with Crippen molar-refractivity contribution in [1.82, 2.24) is 9.97 Å². The van der Waals surface area contributed by atoms with Gasteiger partial charge in [0.15, 0.2) is 0 Å². The molecular weight excluding hydrogens is 465 g/mol. The quantitative estimate of drug-likeness (QED) is 0.231. The standard InChI is InChI=1S/C27H24FN3O5/c1-27(2,3)14-7-10-19(35-4)16(12-14)23(32)21-22(20-6-5-11-36-20)31(25(34)24(21)33)26-29-17-9-8-15(28)13-18(17)30-26/h5-13,22,32H,1-4H3,(H,29,30)/b23-21+. The average molecular weight is 490 g/mol. The lowest BCUT2D eigenvalue weighted by molar-refractivity contribution is -0.132. The van der Waals surface area contributed by atoms with Crippen LogP contribution in [0.2, 0.25) is 0 Å². The Balaban J connectivity index is 1.73. The van der Waals surface area contributed by atoms with Crippen molar-refractivity contribution in [1.29, 1.82) is 0 Å². The second kappa shape index (κ2) is 8.37. The molecule has 1 saturated heterocycles. The maximum Gasteiger partial charge on any atom is 0.302 e. The number of carbonyl (C=O) groups is 2. The molecule has 0 radical (unpaired) electrons. The van der Waals surface area contributed by atoms with Gasteiger partial charge in [-0.05, 0) is 53.4 Å². The number of amides is 1. The second-order valence-electron chi connectivity index (χ2n) is 9.57. The molecule has 1 atom stereocenters. The molecule has 1 aliphatic rings. The number of nitrogens with zero attached hydrogens (tertiary/aromatic N) is 2. The number of Topliss-reactive ketones (excluding diaryl/α,β-unsaturated/α-hetero) is 1. The van der Waals surface area contributed by atoms with Gasteiger partial charge in [0, 0.05) is 0 Å². The Morgan fingerprint density at radius 3 is 2.61 bits per heavy atom. The number of ether oxygens (including phenoxy) is 1. The molecule has 4 aromatic rings. The van der Waals surface area contributed by atoms with Crippen LogP contribution in [0.4, 0.5) is 10.3 Å². The average Bonchev–Trinajstić information content (AvgIpc) is 3.56. The molecule has 0 bridgehead atoms. The van der Waals surface area contributed by atoms with Crippen LogP contribution in [0, 0.1) is 5.82 Å². The Bertz CT molecular complexity index is 1530. The topological polar surface area (TPSA) is 109 Å². The molecule has 2 aromatic carbocycles. The number of imidazole rings is 1. The number of nitrogens with one attached hydrogen (secondary N) is 1. The van der Waals surface area contributed by atoms with Gasteiger partial charge in [0.1, 0.15) is 29.1 Å². The van der Waals surface area contributed by atoms with Crippen LogP contribution >= 0.6 is 0 Å². The summed E-state index contributed by atoms with van der Waals surface area (Å²) in [4.78, 5) is 35.1. The predicted molar refractivity (Wildman–Crippen MR) is 131 cm³/mol. The summed E-state index contributed by atoms with van der Waals surface area (Å²) >= 11 is 0. The van der Waals surface area contributed by atoms with Gasteiger partial charge >= 0.3 is 5.91 Å². The van der Waals surface area contributed by atoms with E-state index in [9.17, 15) is 19.1 Å². The minimum atomic E-state index is -1.12. The summed E-state index contributed by atoms with van der Waals surface area (Å²) in [6, 6.07) is 11.4. The van der Waals surface area contributed by atoms with Crippen LogP contribution in [-0.4, -0.2) is 33.9 Å². The molecule has 3 heterocycles. The minimum absolute atomic E-state index is 0.0218. The number of halogens is 1. The maximum absolute atomic E-state index is 13.8. The highest BCUT2D eigenvalue weighted by molar-refractivity contribution is 6.51. The van der Waals surface area contributed by atoms with Crippen molar-refractivity contribution in [3.63, 3.8) is 0 Å². The fourth-order valence-corrected chi connectivity index (χ4v) is 4.35. The van der Waals surface area contributed by atoms with E-state index in [0.717, 1.165) is 10.5 Å². The molecule has 1 fully saturated rings. The number of aliphatic hydroxyl groups excluding tert-OH is 1. The van der Waals surface area contributed by atoms with E-state index in [2.05, 4.69) is 9.97 Å². The summed E-state index contributed by atoms with van der Waals surface area (Å²) in [7, 11) is 1.46. The van der Waals surface area contributed by atoms with Crippen LogP contribution in [0.5, 0.6) is 5.75 Å². The lowest BCUT2D eigenvalue weighted by Crippen LogP contribution is -2.30. The highest BCUT2D eigenvalue weighted by Crippen LogP contribution is 2.43. The number of fused-ring (bicyclic) bond motifs is 1. The lowest BCUT2D eigenvalue weighted by Gasteiger charge is -2.22. The minimum Gasteiger partial charge on any atom is -0.507 e. The van der Waals surface area contributed by atoms with Crippen LogP contribution in [0.15, 0.2) is 64.8 Å². The monoisotopic (exact) mass is 489 g/mol. The number of aromatic nitrogens is 2. The molecule has 0 aliphatic carbocycles. The van der Waals surface area contributed by atoms with Crippen molar-refractivity contribution in [3.05, 3.63) is 83.1 Å². The Labute approximate surface area is 206 Å².